The monoisotopic (exact) mass is 388 g/mol. The minimum Gasteiger partial charge on any atom is -0.744 e. The van der Waals surface area contributed by atoms with Crippen LogP contribution in [0, 0.1) is 0 Å². The summed E-state index contributed by atoms with van der Waals surface area (Å²) in [4.78, 5) is -0.528. The van der Waals surface area contributed by atoms with Crippen molar-refractivity contribution in [1.82, 2.24) is 0 Å². The third kappa shape index (κ3) is 4.38. The Balaban J connectivity index is 0.00000242. The molecule has 0 aliphatic carbocycles. The molecule has 1 N–H and O–H groups in total. The van der Waals surface area contributed by atoms with Crippen LogP contribution in [0.3, 0.4) is 0 Å². The summed E-state index contributed by atoms with van der Waals surface area (Å²) in [5.74, 6) is 0. The SMILES string of the molecule is O=S(=O)([O-])c1ccccc1C(O)c1c(Cl)cc(Cl)cc1Cl.[Na+]. The van der Waals surface area contributed by atoms with Crippen LogP contribution in [0.4, 0.5) is 0 Å². The number of aliphatic hydroxyl groups excluding tert-OH is 1. The van der Waals surface area contributed by atoms with Crippen molar-refractivity contribution < 1.29 is 47.6 Å². The van der Waals surface area contributed by atoms with E-state index in [1.54, 1.807) is 0 Å². The van der Waals surface area contributed by atoms with Crippen LogP contribution >= 0.6 is 34.8 Å². The zero-order valence-corrected chi connectivity index (χ0v) is 16.3. The van der Waals surface area contributed by atoms with Gasteiger partial charge < -0.3 is 9.66 Å². The molecule has 0 aromatic heterocycles. The van der Waals surface area contributed by atoms with Crippen LogP contribution in [0.1, 0.15) is 17.2 Å². The van der Waals surface area contributed by atoms with Crippen LogP contribution in [0.25, 0.3) is 0 Å². The third-order valence-electron chi connectivity index (χ3n) is 2.80. The summed E-state index contributed by atoms with van der Waals surface area (Å²) >= 11 is 17.8. The number of benzene rings is 2. The molecule has 9 heteroatoms. The summed E-state index contributed by atoms with van der Waals surface area (Å²) < 4.78 is 33.8. The minimum atomic E-state index is -4.74. The van der Waals surface area contributed by atoms with Crippen LogP contribution in [-0.2, 0) is 10.1 Å². The predicted molar refractivity (Wildman–Crippen MR) is 79.9 cm³/mol. The van der Waals surface area contributed by atoms with Gasteiger partial charge in [-0.15, -0.1) is 0 Å². The van der Waals surface area contributed by atoms with Gasteiger partial charge in [-0.2, -0.15) is 0 Å². The maximum absolute atomic E-state index is 11.3. The molecule has 0 spiro atoms. The van der Waals surface area contributed by atoms with Gasteiger partial charge in [0.25, 0.3) is 0 Å². The van der Waals surface area contributed by atoms with Gasteiger partial charge in [-0.1, -0.05) is 53.0 Å². The Morgan fingerprint density at radius 3 is 2.05 bits per heavy atom. The maximum atomic E-state index is 11.3. The van der Waals surface area contributed by atoms with E-state index in [1.165, 1.54) is 30.3 Å². The van der Waals surface area contributed by atoms with Crippen molar-refractivity contribution in [3.05, 3.63) is 62.6 Å². The van der Waals surface area contributed by atoms with Crippen LogP contribution in [-0.4, -0.2) is 18.1 Å². The molecular weight excluding hydrogens is 382 g/mol. The first-order valence-electron chi connectivity index (χ1n) is 5.59. The first kappa shape index (κ1) is 20.2. The summed E-state index contributed by atoms with van der Waals surface area (Å²) in [6, 6.07) is 8.02. The second kappa shape index (κ2) is 7.83. The van der Waals surface area contributed by atoms with E-state index < -0.39 is 21.1 Å². The Hall–Kier alpha value is 0.180. The fourth-order valence-electron chi connectivity index (χ4n) is 1.90. The van der Waals surface area contributed by atoms with E-state index in [4.69, 9.17) is 34.8 Å². The molecule has 4 nitrogen and oxygen atoms in total. The molecule has 112 valence electrons. The van der Waals surface area contributed by atoms with E-state index in [1.807, 2.05) is 0 Å². The van der Waals surface area contributed by atoms with Crippen LogP contribution < -0.4 is 29.6 Å². The molecule has 2 rings (SSSR count). The Morgan fingerprint density at radius 1 is 1.05 bits per heavy atom. The average molecular weight is 390 g/mol. The van der Waals surface area contributed by atoms with Gasteiger partial charge in [0.2, 0.25) is 0 Å². The van der Waals surface area contributed by atoms with E-state index in [2.05, 4.69) is 0 Å². The number of halogens is 3. The zero-order chi connectivity index (χ0) is 15.8. The molecule has 1 atom stereocenters. The van der Waals surface area contributed by atoms with Crippen LogP contribution in [0.15, 0.2) is 41.3 Å². The molecule has 0 heterocycles. The molecule has 0 aliphatic rings. The molecular formula is C13H8Cl3NaO4S. The van der Waals surface area contributed by atoms with Gasteiger partial charge in [-0.05, 0) is 18.2 Å². The molecule has 0 aliphatic heterocycles. The van der Waals surface area contributed by atoms with E-state index in [0.717, 1.165) is 6.07 Å². The fraction of sp³-hybridized carbons (Fsp3) is 0.0769. The van der Waals surface area contributed by atoms with Gasteiger partial charge in [-0.25, -0.2) is 8.42 Å². The van der Waals surface area contributed by atoms with Gasteiger partial charge in [0.1, 0.15) is 16.2 Å². The Labute approximate surface area is 165 Å². The van der Waals surface area contributed by atoms with Crippen LogP contribution in [0.5, 0.6) is 0 Å². The Morgan fingerprint density at radius 2 is 1.55 bits per heavy atom. The van der Waals surface area contributed by atoms with Gasteiger partial charge >= 0.3 is 29.6 Å². The maximum Gasteiger partial charge on any atom is 1.00 e. The summed E-state index contributed by atoms with van der Waals surface area (Å²) in [5.41, 5.74) is -0.0162. The second-order valence-corrected chi connectivity index (χ2v) is 6.78. The number of hydrogen-bond acceptors (Lipinski definition) is 4. The molecule has 0 fully saturated rings. The largest absolute Gasteiger partial charge is 1.00 e. The third-order valence-corrected chi connectivity index (χ3v) is 4.55. The summed E-state index contributed by atoms with van der Waals surface area (Å²) in [6.45, 7) is 0. The first-order valence-corrected chi connectivity index (χ1v) is 8.13. The molecule has 0 saturated carbocycles. The topological polar surface area (TPSA) is 77.4 Å². The van der Waals surface area contributed by atoms with Gasteiger partial charge in [0, 0.05) is 26.2 Å². The Kier molecular flexibility index (Phi) is 7.20. The Bertz CT molecular complexity index is 773. The quantitative estimate of drug-likeness (QED) is 0.617. The van der Waals surface area contributed by atoms with Crippen molar-refractivity contribution in [2.24, 2.45) is 0 Å². The molecule has 0 amide bonds. The van der Waals surface area contributed by atoms with E-state index in [9.17, 15) is 18.1 Å². The van der Waals surface area contributed by atoms with Gasteiger partial charge in [0.05, 0.1) is 4.90 Å². The standard InChI is InChI=1S/C13H9Cl3O4S.Na/c14-7-5-9(15)12(10(16)6-7)13(17)8-3-1-2-4-11(8)21(18,19)20;/h1-6,13,17H,(H,18,19,20);/q;+1/p-1. The molecule has 0 saturated heterocycles. The van der Waals surface area contributed by atoms with Crippen molar-refractivity contribution in [3.8, 4) is 0 Å². The van der Waals surface area contributed by atoms with Crippen molar-refractivity contribution >= 4 is 44.9 Å². The number of hydrogen-bond donors (Lipinski definition) is 1. The van der Waals surface area contributed by atoms with Crippen molar-refractivity contribution in [1.29, 1.82) is 0 Å². The van der Waals surface area contributed by atoms with E-state index in [0.29, 0.717) is 0 Å². The normalized spacial score (nSPS) is 12.6. The molecule has 0 bridgehead atoms. The summed E-state index contributed by atoms with van der Waals surface area (Å²) in [7, 11) is -4.74. The molecule has 22 heavy (non-hydrogen) atoms. The van der Waals surface area contributed by atoms with Crippen LogP contribution in [0.2, 0.25) is 15.1 Å². The van der Waals surface area contributed by atoms with Gasteiger partial charge in [0.15, 0.2) is 0 Å². The summed E-state index contributed by atoms with van der Waals surface area (Å²) in [5, 5.41) is 10.8. The molecule has 2 aromatic carbocycles. The first-order chi connectivity index (χ1) is 9.71. The van der Waals surface area contributed by atoms with Gasteiger partial charge in [-0.3, -0.25) is 0 Å². The van der Waals surface area contributed by atoms with E-state index in [-0.39, 0.29) is 55.8 Å². The molecule has 1 unspecified atom stereocenters. The fourth-order valence-corrected chi connectivity index (χ4v) is 3.64. The predicted octanol–water partition coefficient (Wildman–Crippen LogP) is 0.637. The molecule has 2 aromatic rings. The molecule has 0 radical (unpaired) electrons. The average Bonchev–Trinajstić information content (AvgIpc) is 2.36. The summed E-state index contributed by atoms with van der Waals surface area (Å²) in [6.07, 6.45) is -1.47. The van der Waals surface area contributed by atoms with Crippen molar-refractivity contribution in [2.45, 2.75) is 11.0 Å². The number of aliphatic hydroxyl groups is 1. The zero-order valence-electron chi connectivity index (χ0n) is 11.3. The van der Waals surface area contributed by atoms with E-state index >= 15 is 0 Å². The minimum absolute atomic E-state index is 0. The number of rotatable bonds is 3. The van der Waals surface area contributed by atoms with Crippen molar-refractivity contribution in [3.63, 3.8) is 0 Å². The smallest absolute Gasteiger partial charge is 0.744 e. The second-order valence-electron chi connectivity index (χ2n) is 4.18. The van der Waals surface area contributed by atoms with Crippen molar-refractivity contribution in [2.75, 3.05) is 0 Å².